The van der Waals surface area contributed by atoms with Gasteiger partial charge in [-0.3, -0.25) is 9.69 Å². The first-order chi connectivity index (χ1) is 12.5. The maximum absolute atomic E-state index is 13.0. The number of hydrogen-bond donors (Lipinski definition) is 0. The van der Waals surface area contributed by atoms with Crippen LogP contribution < -0.4 is 0 Å². The Morgan fingerprint density at radius 2 is 2.19 bits per heavy atom. The third kappa shape index (κ3) is 4.47. The summed E-state index contributed by atoms with van der Waals surface area (Å²) in [6, 6.07) is 2.21. The van der Waals surface area contributed by atoms with Crippen molar-refractivity contribution >= 4 is 17.3 Å². The number of carbonyl (C=O) groups excluding carboxylic acids is 1. The first-order valence-corrected chi connectivity index (χ1v) is 10.8. The Kier molecular flexibility index (Phi) is 6.72. The summed E-state index contributed by atoms with van der Waals surface area (Å²) in [6.07, 6.45) is 2.02. The van der Waals surface area contributed by atoms with E-state index in [1.807, 2.05) is 6.92 Å². The first kappa shape index (κ1) is 19.8. The number of fused-ring (bicyclic) bond motifs is 1. The average molecular weight is 380 g/mol. The van der Waals surface area contributed by atoms with E-state index in [1.165, 1.54) is 5.56 Å². The van der Waals surface area contributed by atoms with E-state index in [9.17, 15) is 4.79 Å². The highest BCUT2D eigenvalue weighted by Gasteiger charge is 2.53. The van der Waals surface area contributed by atoms with E-state index in [0.717, 1.165) is 58.7 Å². The highest BCUT2D eigenvalue weighted by Crippen LogP contribution is 2.43. The molecule has 0 amide bonds. The van der Waals surface area contributed by atoms with Gasteiger partial charge in [-0.25, -0.2) is 0 Å². The van der Waals surface area contributed by atoms with Crippen molar-refractivity contribution in [2.75, 3.05) is 60.0 Å². The van der Waals surface area contributed by atoms with Crippen LogP contribution in [0.15, 0.2) is 16.8 Å². The Bertz CT molecular complexity index is 578. The van der Waals surface area contributed by atoms with Crippen molar-refractivity contribution in [3.05, 3.63) is 22.4 Å². The van der Waals surface area contributed by atoms with E-state index < -0.39 is 0 Å². The van der Waals surface area contributed by atoms with Gasteiger partial charge in [0, 0.05) is 45.2 Å². The molecule has 0 spiro atoms. The Morgan fingerprint density at radius 1 is 1.38 bits per heavy atom. The van der Waals surface area contributed by atoms with Crippen LogP contribution in [0.2, 0.25) is 0 Å². The van der Waals surface area contributed by atoms with Crippen LogP contribution in [0.4, 0.5) is 0 Å². The van der Waals surface area contributed by atoms with Crippen LogP contribution in [0.1, 0.15) is 25.3 Å². The van der Waals surface area contributed by atoms with Crippen molar-refractivity contribution in [3.63, 3.8) is 0 Å². The zero-order chi connectivity index (χ0) is 18.6. The van der Waals surface area contributed by atoms with Crippen molar-refractivity contribution in [1.29, 1.82) is 0 Å². The molecule has 6 heteroatoms. The molecular formula is C20H33N3O2S. The topological polar surface area (TPSA) is 36.0 Å². The van der Waals surface area contributed by atoms with Crippen molar-refractivity contribution in [2.24, 2.45) is 11.3 Å². The van der Waals surface area contributed by atoms with Crippen molar-refractivity contribution < 1.29 is 9.53 Å². The highest BCUT2D eigenvalue weighted by atomic mass is 32.1. The fraction of sp³-hybridized carbons (Fsp3) is 0.750. The Balaban J connectivity index is 1.73. The largest absolute Gasteiger partial charge is 0.466 e. The predicted molar refractivity (Wildman–Crippen MR) is 106 cm³/mol. The van der Waals surface area contributed by atoms with Gasteiger partial charge in [-0.05, 0) is 62.8 Å². The molecule has 26 heavy (non-hydrogen) atoms. The number of nitrogens with zero attached hydrogens (tertiary/aromatic N) is 3. The molecule has 0 N–H and O–H groups in total. The maximum Gasteiger partial charge on any atom is 0.313 e. The van der Waals surface area contributed by atoms with Crippen LogP contribution in [0.3, 0.4) is 0 Å². The molecule has 0 radical (unpaired) electrons. The van der Waals surface area contributed by atoms with E-state index in [1.54, 1.807) is 11.3 Å². The smallest absolute Gasteiger partial charge is 0.313 e. The lowest BCUT2D eigenvalue weighted by molar-refractivity contribution is -0.157. The van der Waals surface area contributed by atoms with Gasteiger partial charge >= 0.3 is 5.97 Å². The molecule has 0 saturated carbocycles. The molecule has 0 aromatic carbocycles. The normalized spacial score (nSPS) is 27.5. The third-order valence-electron chi connectivity index (χ3n) is 5.87. The van der Waals surface area contributed by atoms with Crippen molar-refractivity contribution in [2.45, 2.75) is 26.3 Å². The molecule has 0 bridgehead atoms. The van der Waals surface area contributed by atoms with E-state index in [2.05, 4.69) is 45.6 Å². The lowest BCUT2D eigenvalue weighted by Gasteiger charge is -2.31. The summed E-state index contributed by atoms with van der Waals surface area (Å²) in [4.78, 5) is 20.2. The molecule has 2 aliphatic heterocycles. The van der Waals surface area contributed by atoms with Crippen molar-refractivity contribution in [3.8, 4) is 0 Å². The summed E-state index contributed by atoms with van der Waals surface area (Å²) < 4.78 is 5.56. The van der Waals surface area contributed by atoms with Gasteiger partial charge in [0.15, 0.2) is 0 Å². The summed E-state index contributed by atoms with van der Waals surface area (Å²) in [5.74, 6) is 0.402. The zero-order valence-corrected chi connectivity index (χ0v) is 17.3. The third-order valence-corrected chi connectivity index (χ3v) is 6.61. The highest BCUT2D eigenvalue weighted by molar-refractivity contribution is 7.07. The number of hydrogen-bond acceptors (Lipinski definition) is 6. The van der Waals surface area contributed by atoms with Crippen molar-refractivity contribution in [1.82, 2.24) is 14.7 Å². The number of likely N-dealkylation sites (N-methyl/N-ethyl adjacent to an activating group) is 1. The molecule has 2 saturated heterocycles. The van der Waals surface area contributed by atoms with Crippen LogP contribution in [0, 0.1) is 11.3 Å². The second-order valence-electron chi connectivity index (χ2n) is 8.08. The van der Waals surface area contributed by atoms with Gasteiger partial charge in [-0.2, -0.15) is 11.3 Å². The summed E-state index contributed by atoms with van der Waals surface area (Å²) in [5, 5.41) is 4.39. The number of rotatable bonds is 7. The van der Waals surface area contributed by atoms with Gasteiger partial charge in [0.05, 0.1) is 12.0 Å². The molecule has 2 fully saturated rings. The molecule has 2 aliphatic rings. The standard InChI is InChI=1S/C20H33N3O2S/c1-4-25-19(24)20-7-5-8-22(12-17-6-11-26-15-17)13-18(20)14-23(16-20)10-9-21(2)3/h6,11,15,18H,4-5,7-10,12-14,16H2,1-3H3/t18-,20-/m0/s1. The summed E-state index contributed by atoms with van der Waals surface area (Å²) >= 11 is 1.76. The molecule has 0 unspecified atom stereocenters. The molecule has 1 aromatic rings. The Morgan fingerprint density at radius 3 is 2.88 bits per heavy atom. The van der Waals surface area contributed by atoms with Crippen LogP contribution in [0.5, 0.6) is 0 Å². The van der Waals surface area contributed by atoms with E-state index in [4.69, 9.17) is 4.74 Å². The van der Waals surface area contributed by atoms with Gasteiger partial charge in [0.1, 0.15) is 0 Å². The Labute approximate surface area is 161 Å². The molecule has 146 valence electrons. The second-order valence-corrected chi connectivity index (χ2v) is 8.86. The number of thiophene rings is 1. The van der Waals surface area contributed by atoms with E-state index in [0.29, 0.717) is 12.5 Å². The van der Waals surface area contributed by atoms with Gasteiger partial charge in [-0.15, -0.1) is 0 Å². The first-order valence-electron chi connectivity index (χ1n) is 9.81. The fourth-order valence-corrected chi connectivity index (χ4v) is 5.18. The molecular weight excluding hydrogens is 346 g/mol. The van der Waals surface area contributed by atoms with E-state index >= 15 is 0 Å². The SMILES string of the molecule is CCOC(=O)[C@]12CCCN(Cc3ccsc3)C[C@H]1CN(CCN(C)C)C2. The average Bonchev–Trinajstić information content (AvgIpc) is 3.18. The molecule has 0 aliphatic carbocycles. The number of ether oxygens (including phenoxy) is 1. The second kappa shape index (κ2) is 8.83. The lowest BCUT2D eigenvalue weighted by Crippen LogP contribution is -2.42. The Hall–Kier alpha value is -0.950. The maximum atomic E-state index is 13.0. The summed E-state index contributed by atoms with van der Waals surface area (Å²) in [6.45, 7) is 9.38. The summed E-state index contributed by atoms with van der Waals surface area (Å²) in [5.41, 5.74) is 1.08. The monoisotopic (exact) mass is 379 g/mol. The number of carbonyl (C=O) groups is 1. The molecule has 2 atom stereocenters. The quantitative estimate of drug-likeness (QED) is 0.680. The summed E-state index contributed by atoms with van der Waals surface area (Å²) in [7, 11) is 4.22. The lowest BCUT2D eigenvalue weighted by atomic mass is 9.75. The van der Waals surface area contributed by atoms with E-state index in [-0.39, 0.29) is 11.4 Å². The van der Waals surface area contributed by atoms with Crippen LogP contribution in [-0.4, -0.2) is 80.6 Å². The molecule has 3 rings (SSSR count). The molecule has 1 aromatic heterocycles. The molecule has 5 nitrogen and oxygen atoms in total. The minimum atomic E-state index is -0.314. The van der Waals surface area contributed by atoms with Crippen LogP contribution in [0.25, 0.3) is 0 Å². The zero-order valence-electron chi connectivity index (χ0n) is 16.4. The number of esters is 1. The molecule has 3 heterocycles. The van der Waals surface area contributed by atoms with Gasteiger partial charge in [-0.1, -0.05) is 0 Å². The minimum Gasteiger partial charge on any atom is -0.466 e. The fourth-order valence-electron chi connectivity index (χ4n) is 4.52. The van der Waals surface area contributed by atoms with Gasteiger partial charge in [0.2, 0.25) is 0 Å². The van der Waals surface area contributed by atoms with Gasteiger partial charge in [0.25, 0.3) is 0 Å². The van der Waals surface area contributed by atoms with Crippen LogP contribution in [-0.2, 0) is 16.1 Å². The van der Waals surface area contributed by atoms with Crippen LogP contribution >= 0.6 is 11.3 Å². The minimum absolute atomic E-state index is 0.0368. The number of likely N-dealkylation sites (tertiary alicyclic amines) is 2. The van der Waals surface area contributed by atoms with Gasteiger partial charge < -0.3 is 14.5 Å². The predicted octanol–water partition coefficient (Wildman–Crippen LogP) is 2.39.